The van der Waals surface area contributed by atoms with Crippen molar-refractivity contribution in [3.05, 3.63) is 0 Å². The van der Waals surface area contributed by atoms with E-state index in [0.717, 1.165) is 0 Å². The zero-order chi connectivity index (χ0) is 16.8. The van der Waals surface area contributed by atoms with Crippen molar-refractivity contribution < 1.29 is 98.8 Å². The monoisotopic (exact) mass is 427 g/mol. The van der Waals surface area contributed by atoms with Gasteiger partial charge in [0.15, 0.2) is 0 Å². The molecule has 132 valence electrons. The standard InChI is InChI=1S/H3N.Na.2H2O8S2/c;;2*1-9(2,3)7-8-10(4,5)6/h1H3;;2*(H,1,2,3)(H,4,5,6)/q;+1;;/p-1. The van der Waals surface area contributed by atoms with Crippen LogP contribution in [0.2, 0.25) is 0 Å². The molecule has 0 rings (SSSR count). The molecule has 0 aliphatic carbocycles. The van der Waals surface area contributed by atoms with Crippen LogP contribution in [0.4, 0.5) is 0 Å². The molecule has 0 aromatic rings. The van der Waals surface area contributed by atoms with Crippen LogP contribution in [0.5, 0.6) is 0 Å². The zero-order valence-electron chi connectivity index (χ0n) is 9.99. The first kappa shape index (κ1) is 30.3. The van der Waals surface area contributed by atoms with E-state index in [1.807, 2.05) is 0 Å². The fraction of sp³-hybridized carbons (Fsp3) is 0. The topological polar surface area (TPSA) is 292 Å². The Morgan fingerprint density at radius 1 is 0.591 bits per heavy atom. The molecule has 0 bridgehead atoms. The Kier molecular flexibility index (Phi) is 15.3. The molecule has 0 amide bonds. The van der Waals surface area contributed by atoms with E-state index in [1.165, 1.54) is 0 Å². The van der Waals surface area contributed by atoms with Crippen LogP contribution in [0.3, 0.4) is 0 Å². The van der Waals surface area contributed by atoms with E-state index < -0.39 is 41.6 Å². The Morgan fingerprint density at radius 2 is 0.773 bits per heavy atom. The summed E-state index contributed by atoms with van der Waals surface area (Å²) in [4.78, 5) is 0. The minimum Gasteiger partial charge on any atom is -0.724 e. The summed E-state index contributed by atoms with van der Waals surface area (Å²) in [6, 6.07) is 0. The van der Waals surface area contributed by atoms with Crippen molar-refractivity contribution in [1.29, 1.82) is 0 Å². The molecule has 6 N–H and O–H groups in total. The summed E-state index contributed by atoms with van der Waals surface area (Å²) in [5.41, 5.74) is 0. The molecule has 0 aromatic carbocycles. The van der Waals surface area contributed by atoms with Gasteiger partial charge >= 0.3 is 60.8 Å². The number of hydrogen-bond acceptors (Lipinski definition) is 14. The molecule has 0 heterocycles. The molecule has 0 saturated heterocycles. The molecule has 17 nitrogen and oxygen atoms in total. The third-order valence-corrected chi connectivity index (χ3v) is 1.52. The minimum absolute atomic E-state index is 0. The smallest absolute Gasteiger partial charge is 0.724 e. The summed E-state index contributed by atoms with van der Waals surface area (Å²) in [7, 11) is -20.4. The van der Waals surface area contributed by atoms with Gasteiger partial charge in [0.25, 0.3) is 0 Å². The van der Waals surface area contributed by atoms with E-state index in [9.17, 15) is 38.2 Å². The van der Waals surface area contributed by atoms with Crippen LogP contribution < -0.4 is 35.7 Å². The Labute approximate surface area is 146 Å². The van der Waals surface area contributed by atoms with Gasteiger partial charge in [0.2, 0.25) is 10.4 Å². The third-order valence-electron chi connectivity index (χ3n) is 0.397. The average Bonchev–Trinajstić information content (AvgIpc) is 2.09. The Hall–Kier alpha value is 0.440. The first-order valence-corrected chi connectivity index (χ1v) is 8.48. The van der Waals surface area contributed by atoms with E-state index >= 15 is 0 Å². The van der Waals surface area contributed by atoms with Gasteiger partial charge in [0.1, 0.15) is 0 Å². The summed E-state index contributed by atoms with van der Waals surface area (Å²) >= 11 is 0. The van der Waals surface area contributed by atoms with Crippen molar-refractivity contribution in [1.82, 2.24) is 6.15 Å². The van der Waals surface area contributed by atoms with Crippen LogP contribution in [0, 0.1) is 0 Å². The molecule has 0 radical (unpaired) electrons. The van der Waals surface area contributed by atoms with Crippen molar-refractivity contribution in [2.45, 2.75) is 0 Å². The van der Waals surface area contributed by atoms with Gasteiger partial charge in [-0.3, -0.25) is 13.7 Å². The second kappa shape index (κ2) is 11.1. The van der Waals surface area contributed by atoms with Gasteiger partial charge < -0.3 is 10.7 Å². The van der Waals surface area contributed by atoms with E-state index in [1.54, 1.807) is 0 Å². The molecule has 0 aliphatic heterocycles. The van der Waals surface area contributed by atoms with Crippen molar-refractivity contribution >= 4 is 41.6 Å². The van der Waals surface area contributed by atoms with Crippen LogP contribution in [0.25, 0.3) is 0 Å². The summed E-state index contributed by atoms with van der Waals surface area (Å²) in [5.74, 6) is 0. The zero-order valence-corrected chi connectivity index (χ0v) is 15.3. The average molecular weight is 427 g/mol. The fourth-order valence-corrected chi connectivity index (χ4v) is 1.25. The summed E-state index contributed by atoms with van der Waals surface area (Å²) in [6.07, 6.45) is 0. The van der Waals surface area contributed by atoms with Gasteiger partial charge in [0.05, 0.1) is 0 Å². The molecule has 0 saturated carbocycles. The van der Waals surface area contributed by atoms with Crippen molar-refractivity contribution in [3.63, 3.8) is 0 Å². The predicted molar refractivity (Wildman–Crippen MR) is 53.7 cm³/mol. The Bertz CT molecular complexity index is 562. The van der Waals surface area contributed by atoms with Crippen LogP contribution >= 0.6 is 0 Å². The molecule has 0 atom stereocenters. The number of hydrogen-bond donors (Lipinski definition) is 4. The first-order valence-electron chi connectivity index (χ1n) is 3.05. The summed E-state index contributed by atoms with van der Waals surface area (Å²) in [6.45, 7) is 0. The van der Waals surface area contributed by atoms with Crippen molar-refractivity contribution in [2.24, 2.45) is 0 Å². The Morgan fingerprint density at radius 3 is 0.864 bits per heavy atom. The third kappa shape index (κ3) is 37.0. The molecular formula is H6NNaO16S4. The van der Waals surface area contributed by atoms with Gasteiger partial charge in [-0.05, 0) is 0 Å². The van der Waals surface area contributed by atoms with E-state index in [0.29, 0.717) is 0 Å². The fourth-order valence-electron chi connectivity index (χ4n) is 0.139. The van der Waals surface area contributed by atoms with Gasteiger partial charge in [-0.25, -0.2) is 8.42 Å². The van der Waals surface area contributed by atoms with E-state index in [4.69, 9.17) is 13.7 Å². The minimum atomic E-state index is -5.27. The van der Waals surface area contributed by atoms with E-state index in [-0.39, 0.29) is 35.7 Å². The summed E-state index contributed by atoms with van der Waals surface area (Å²) in [5, 5.41) is 0. The quantitative estimate of drug-likeness (QED) is 0.101. The van der Waals surface area contributed by atoms with Crippen molar-refractivity contribution in [3.8, 4) is 0 Å². The predicted octanol–water partition coefficient (Wildman–Crippen LogP) is -6.10. The molecule has 0 aliphatic rings. The maximum atomic E-state index is 9.51. The van der Waals surface area contributed by atoms with E-state index in [2.05, 4.69) is 17.3 Å². The summed E-state index contributed by atoms with van der Waals surface area (Å²) < 4.78 is 119. The normalized spacial score (nSPS) is 12.2. The molecule has 0 unspecified atom stereocenters. The SMILES string of the molecule is N.O=S(=O)(O)OOS(=O)(=O)O.O=S(=O)([O-])OOS(=O)(=O)O.[Na+]. The molecule has 22 heteroatoms. The van der Waals surface area contributed by atoms with Crippen LogP contribution in [-0.2, 0) is 58.9 Å². The second-order valence-corrected chi connectivity index (χ2v) is 5.89. The molecular weight excluding hydrogens is 421 g/mol. The van der Waals surface area contributed by atoms with Crippen LogP contribution in [-0.4, -0.2) is 51.9 Å². The van der Waals surface area contributed by atoms with Crippen molar-refractivity contribution in [2.75, 3.05) is 0 Å². The van der Waals surface area contributed by atoms with Gasteiger partial charge in [-0.15, -0.1) is 0 Å². The Balaban J connectivity index is -0.000000135. The molecule has 0 aromatic heterocycles. The first-order chi connectivity index (χ1) is 8.41. The number of rotatable bonds is 6. The maximum absolute atomic E-state index is 9.51. The molecule has 0 fully saturated rings. The van der Waals surface area contributed by atoms with Gasteiger partial charge in [-0.2, -0.15) is 25.3 Å². The van der Waals surface area contributed by atoms with Gasteiger partial charge in [0, 0.05) is 0 Å². The largest absolute Gasteiger partial charge is 1.00 e. The van der Waals surface area contributed by atoms with Gasteiger partial charge in [-0.1, -0.05) is 17.3 Å². The molecule has 22 heavy (non-hydrogen) atoms. The molecule has 0 spiro atoms. The van der Waals surface area contributed by atoms with Crippen LogP contribution in [0.1, 0.15) is 0 Å². The van der Waals surface area contributed by atoms with Crippen LogP contribution in [0.15, 0.2) is 0 Å². The maximum Gasteiger partial charge on any atom is 1.00 e. The second-order valence-electron chi connectivity index (χ2n) is 1.96.